The number of ether oxygens (including phenoxy) is 1. The van der Waals surface area contributed by atoms with Gasteiger partial charge in [-0.2, -0.15) is 0 Å². The molecule has 1 atom stereocenters. The number of rotatable bonds is 8. The van der Waals surface area contributed by atoms with E-state index in [1.807, 2.05) is 54.6 Å². The molecule has 0 radical (unpaired) electrons. The van der Waals surface area contributed by atoms with Crippen molar-refractivity contribution in [2.24, 2.45) is 0 Å². The Kier molecular flexibility index (Phi) is 8.05. The predicted octanol–water partition coefficient (Wildman–Crippen LogP) is 6.62. The molecule has 196 valence electrons. The topological polar surface area (TPSA) is 44.8 Å². The van der Waals surface area contributed by atoms with Crippen molar-refractivity contribution in [2.45, 2.75) is 19.4 Å². The number of benzene rings is 3. The fourth-order valence-corrected chi connectivity index (χ4v) is 5.99. The van der Waals surface area contributed by atoms with Crippen LogP contribution in [0.2, 0.25) is 0 Å². The van der Waals surface area contributed by atoms with Crippen LogP contribution in [-0.4, -0.2) is 44.1 Å². The van der Waals surface area contributed by atoms with Gasteiger partial charge in [-0.25, -0.2) is 4.39 Å². The highest BCUT2D eigenvalue weighted by Crippen LogP contribution is 2.40. The Balaban J connectivity index is 1.46. The van der Waals surface area contributed by atoms with Gasteiger partial charge in [-0.1, -0.05) is 37.3 Å². The molecule has 0 spiro atoms. The number of thiophene rings is 1. The van der Waals surface area contributed by atoms with E-state index in [4.69, 9.17) is 4.74 Å². The van der Waals surface area contributed by atoms with E-state index in [0.717, 1.165) is 60.2 Å². The van der Waals surface area contributed by atoms with Crippen LogP contribution in [0.3, 0.4) is 0 Å². The standard InChI is InChI=1S/C31H32FN3O2S/c1-3-27-21-28(31(38-27)33-30(36)23-7-5-4-6-8-23)29(22-9-15-26(37-2)16-10-22)35-19-17-34(18-20-35)25-13-11-24(32)12-14-25/h4-16,21,29H,3,17-20H2,1-2H3,(H,33,36)/t29-/m0/s1. The molecule has 0 aliphatic carbocycles. The summed E-state index contributed by atoms with van der Waals surface area (Å²) in [6, 6.07) is 26.5. The maximum Gasteiger partial charge on any atom is 0.256 e. The highest BCUT2D eigenvalue weighted by Gasteiger charge is 2.30. The molecule has 0 saturated carbocycles. The minimum Gasteiger partial charge on any atom is -0.497 e. The summed E-state index contributed by atoms with van der Waals surface area (Å²) in [4.78, 5) is 19.1. The number of halogens is 1. The fourth-order valence-electron chi connectivity index (χ4n) is 4.96. The van der Waals surface area contributed by atoms with Crippen LogP contribution in [0.15, 0.2) is 84.9 Å². The summed E-state index contributed by atoms with van der Waals surface area (Å²) in [7, 11) is 1.67. The molecule has 4 aromatic rings. The average molecular weight is 530 g/mol. The second-order valence-corrected chi connectivity index (χ2v) is 10.5. The molecule has 1 aliphatic heterocycles. The normalized spacial score (nSPS) is 14.8. The van der Waals surface area contributed by atoms with Gasteiger partial charge in [0.2, 0.25) is 0 Å². The number of piperazine rings is 1. The predicted molar refractivity (Wildman–Crippen MR) is 153 cm³/mol. The number of methoxy groups -OCH3 is 1. The number of amides is 1. The van der Waals surface area contributed by atoms with Gasteiger partial charge in [-0.05, 0) is 66.6 Å². The second kappa shape index (κ2) is 11.8. The first-order chi connectivity index (χ1) is 18.6. The van der Waals surface area contributed by atoms with Crippen LogP contribution in [0.25, 0.3) is 0 Å². The molecule has 1 aromatic heterocycles. The molecule has 7 heteroatoms. The molecule has 1 amide bonds. The fraction of sp³-hybridized carbons (Fsp3) is 0.258. The molecule has 1 fully saturated rings. The lowest BCUT2D eigenvalue weighted by atomic mass is 9.97. The van der Waals surface area contributed by atoms with Gasteiger partial charge in [0, 0.05) is 47.9 Å². The van der Waals surface area contributed by atoms with E-state index in [-0.39, 0.29) is 17.8 Å². The van der Waals surface area contributed by atoms with E-state index >= 15 is 0 Å². The zero-order chi connectivity index (χ0) is 26.5. The van der Waals surface area contributed by atoms with E-state index in [1.165, 1.54) is 17.0 Å². The van der Waals surface area contributed by atoms with Gasteiger partial charge in [0.25, 0.3) is 5.91 Å². The molecule has 0 unspecified atom stereocenters. The summed E-state index contributed by atoms with van der Waals surface area (Å²) in [5.41, 5.74) is 3.93. The third kappa shape index (κ3) is 5.74. The molecule has 5 rings (SSSR count). The van der Waals surface area contributed by atoms with Crippen LogP contribution in [0.4, 0.5) is 15.1 Å². The van der Waals surface area contributed by atoms with E-state index in [9.17, 15) is 9.18 Å². The van der Waals surface area contributed by atoms with Crippen molar-refractivity contribution in [2.75, 3.05) is 43.5 Å². The summed E-state index contributed by atoms with van der Waals surface area (Å²) in [5.74, 6) is 0.484. The zero-order valence-electron chi connectivity index (χ0n) is 21.7. The highest BCUT2D eigenvalue weighted by atomic mass is 32.1. The van der Waals surface area contributed by atoms with Crippen LogP contribution in [0, 0.1) is 5.82 Å². The molecule has 3 aromatic carbocycles. The van der Waals surface area contributed by atoms with Crippen molar-refractivity contribution in [3.8, 4) is 5.75 Å². The van der Waals surface area contributed by atoms with Crippen LogP contribution >= 0.6 is 11.3 Å². The van der Waals surface area contributed by atoms with Crippen molar-refractivity contribution in [3.63, 3.8) is 0 Å². The quantitative estimate of drug-likeness (QED) is 0.279. The van der Waals surface area contributed by atoms with Gasteiger partial charge in [0.05, 0.1) is 13.2 Å². The van der Waals surface area contributed by atoms with E-state index in [1.54, 1.807) is 18.4 Å². The first-order valence-corrected chi connectivity index (χ1v) is 13.7. The maximum atomic E-state index is 13.5. The number of carbonyl (C=O) groups is 1. The number of nitrogens with zero attached hydrogens (tertiary/aromatic N) is 2. The third-order valence-electron chi connectivity index (χ3n) is 7.02. The molecule has 2 heterocycles. The van der Waals surface area contributed by atoms with Crippen LogP contribution < -0.4 is 15.0 Å². The molecule has 5 nitrogen and oxygen atoms in total. The summed E-state index contributed by atoms with van der Waals surface area (Å²) in [6.07, 6.45) is 0.895. The Hall–Kier alpha value is -3.68. The zero-order valence-corrected chi connectivity index (χ0v) is 22.5. The smallest absolute Gasteiger partial charge is 0.256 e. The molecule has 1 aliphatic rings. The highest BCUT2D eigenvalue weighted by molar-refractivity contribution is 7.16. The number of hydrogen-bond donors (Lipinski definition) is 1. The number of anilines is 2. The Bertz CT molecular complexity index is 1350. The van der Waals surface area contributed by atoms with E-state index < -0.39 is 0 Å². The second-order valence-electron chi connectivity index (χ2n) is 9.35. The number of carbonyl (C=O) groups excluding carboxylic acids is 1. The molecule has 1 saturated heterocycles. The molecule has 1 N–H and O–H groups in total. The lowest BCUT2D eigenvalue weighted by molar-refractivity contribution is 0.102. The van der Waals surface area contributed by atoms with E-state index in [0.29, 0.717) is 5.56 Å². The van der Waals surface area contributed by atoms with Gasteiger partial charge in [-0.3, -0.25) is 9.69 Å². The maximum absolute atomic E-state index is 13.5. The SMILES string of the molecule is CCc1cc([C@H](c2ccc(OC)cc2)N2CCN(c3ccc(F)cc3)CC2)c(NC(=O)c2ccccc2)s1. The number of aryl methyl sites for hydroxylation is 1. The average Bonchev–Trinajstić information content (AvgIpc) is 3.37. The van der Waals surface area contributed by atoms with E-state index in [2.05, 4.69) is 40.2 Å². The van der Waals surface area contributed by atoms with Gasteiger partial charge in [0.15, 0.2) is 0 Å². The van der Waals surface area contributed by atoms with Crippen molar-refractivity contribution in [1.82, 2.24) is 4.90 Å². The Labute approximate surface area is 227 Å². The molecule has 38 heavy (non-hydrogen) atoms. The summed E-state index contributed by atoms with van der Waals surface area (Å²) in [6.45, 7) is 5.46. The lowest BCUT2D eigenvalue weighted by Crippen LogP contribution is -2.48. The Morgan fingerprint density at radius 2 is 1.66 bits per heavy atom. The van der Waals surface area contributed by atoms with Crippen LogP contribution in [0.5, 0.6) is 5.75 Å². The molecular weight excluding hydrogens is 497 g/mol. The summed E-state index contributed by atoms with van der Waals surface area (Å²) >= 11 is 1.65. The minimum absolute atomic E-state index is 0.0288. The van der Waals surface area contributed by atoms with Gasteiger partial charge in [-0.15, -0.1) is 11.3 Å². The van der Waals surface area contributed by atoms with Crippen molar-refractivity contribution in [3.05, 3.63) is 112 Å². The first-order valence-electron chi connectivity index (χ1n) is 12.9. The van der Waals surface area contributed by atoms with Crippen LogP contribution in [0.1, 0.15) is 39.3 Å². The monoisotopic (exact) mass is 529 g/mol. The summed E-state index contributed by atoms with van der Waals surface area (Å²) < 4.78 is 18.9. The largest absolute Gasteiger partial charge is 0.497 e. The summed E-state index contributed by atoms with van der Waals surface area (Å²) in [5, 5.41) is 4.10. The minimum atomic E-state index is -0.221. The van der Waals surface area contributed by atoms with Crippen molar-refractivity contribution in [1.29, 1.82) is 0 Å². The number of nitrogens with one attached hydrogen (secondary N) is 1. The van der Waals surface area contributed by atoms with Crippen molar-refractivity contribution >= 4 is 27.9 Å². The van der Waals surface area contributed by atoms with Gasteiger partial charge < -0.3 is 15.0 Å². The van der Waals surface area contributed by atoms with Gasteiger partial charge in [0.1, 0.15) is 16.6 Å². The van der Waals surface area contributed by atoms with Gasteiger partial charge >= 0.3 is 0 Å². The first kappa shape index (κ1) is 25.9. The Morgan fingerprint density at radius 1 is 0.974 bits per heavy atom. The third-order valence-corrected chi connectivity index (χ3v) is 8.23. The van der Waals surface area contributed by atoms with Crippen molar-refractivity contribution < 1.29 is 13.9 Å². The Morgan fingerprint density at radius 3 is 2.29 bits per heavy atom. The number of hydrogen-bond acceptors (Lipinski definition) is 5. The molecule has 0 bridgehead atoms. The molecular formula is C31H32FN3O2S. The van der Waals surface area contributed by atoms with Crippen LogP contribution in [-0.2, 0) is 6.42 Å². The lowest BCUT2D eigenvalue weighted by Gasteiger charge is -2.40.